The van der Waals surface area contributed by atoms with Crippen LogP contribution in [-0.4, -0.2) is 119 Å². The SMILES string of the molecule is Cc1cc(=O)oc2cc(NC(=O)OCc3ccc(NC(=O)C(CCCNC(N)=O)NC(=O)C(NC(=O)CCCCCNC(=O)C(C)(Cl)CC(C)(CC(Cl)c4cccc(C(=O)NCCS)c4)C(=O)NCC(O)CO)C(C)C)cc3)ccc12. The van der Waals surface area contributed by atoms with Crippen molar-refractivity contribution in [2.24, 2.45) is 17.1 Å². The number of alkyl halides is 2. The molecule has 12 N–H and O–H groups in total. The summed E-state index contributed by atoms with van der Waals surface area (Å²) in [6.45, 7) is 7.98. The predicted molar refractivity (Wildman–Crippen MR) is 312 cm³/mol. The van der Waals surface area contributed by atoms with E-state index in [0.717, 1.165) is 10.9 Å². The third kappa shape index (κ3) is 22.2. The van der Waals surface area contributed by atoms with E-state index in [1.165, 1.54) is 19.1 Å². The molecule has 442 valence electrons. The number of aliphatic hydroxyl groups excluding tert-OH is 2. The number of hydrogen-bond acceptors (Lipinski definition) is 14. The van der Waals surface area contributed by atoms with Crippen molar-refractivity contribution in [3.8, 4) is 0 Å². The molecule has 0 aliphatic carbocycles. The highest BCUT2D eigenvalue weighted by Gasteiger charge is 2.45. The van der Waals surface area contributed by atoms with Gasteiger partial charge in [0.15, 0.2) is 0 Å². The van der Waals surface area contributed by atoms with Crippen molar-refractivity contribution in [1.29, 1.82) is 0 Å². The fourth-order valence-electron chi connectivity index (χ4n) is 8.63. The summed E-state index contributed by atoms with van der Waals surface area (Å²) in [4.78, 5) is 115. The Labute approximate surface area is 485 Å². The van der Waals surface area contributed by atoms with Crippen molar-refractivity contribution in [2.45, 2.75) is 121 Å². The van der Waals surface area contributed by atoms with Gasteiger partial charge in [-0.15, -0.1) is 23.2 Å². The zero-order valence-corrected chi connectivity index (χ0v) is 48.5. The minimum atomic E-state index is -1.63. The van der Waals surface area contributed by atoms with Crippen LogP contribution >= 0.6 is 35.8 Å². The molecule has 4 aromatic rings. The third-order valence-corrected chi connectivity index (χ3v) is 13.9. The molecule has 0 saturated heterocycles. The minimum Gasteiger partial charge on any atom is -0.444 e. The number of primary amides is 1. The number of fused-ring (bicyclic) bond motifs is 1. The Hall–Kier alpha value is -6.92. The summed E-state index contributed by atoms with van der Waals surface area (Å²) < 4.78 is 10.6. The molecule has 25 heteroatoms. The molecule has 1 heterocycles. The van der Waals surface area contributed by atoms with Crippen molar-refractivity contribution in [2.75, 3.05) is 49.2 Å². The molecule has 1 aromatic heterocycles. The monoisotopic (exact) mass is 1180 g/mol. The Kier molecular flexibility index (Phi) is 26.7. The number of unbranched alkanes of at least 4 members (excludes halogenated alkanes) is 2. The van der Waals surface area contributed by atoms with Gasteiger partial charge in [0.2, 0.25) is 29.5 Å². The van der Waals surface area contributed by atoms with Crippen LogP contribution in [0.25, 0.3) is 11.0 Å². The van der Waals surface area contributed by atoms with E-state index in [0.29, 0.717) is 65.2 Å². The number of ether oxygens (including phenoxy) is 1. The first-order chi connectivity index (χ1) is 38.3. The van der Waals surface area contributed by atoms with Crippen LogP contribution in [0.3, 0.4) is 0 Å². The van der Waals surface area contributed by atoms with Gasteiger partial charge in [-0.25, -0.2) is 14.4 Å². The third-order valence-electron chi connectivity index (χ3n) is 13.0. The molecular formula is C56H75Cl2N9O13S. The molecule has 0 aliphatic rings. The van der Waals surface area contributed by atoms with Gasteiger partial charge in [-0.05, 0) is 111 Å². The van der Waals surface area contributed by atoms with Crippen LogP contribution in [0, 0.1) is 18.3 Å². The summed E-state index contributed by atoms with van der Waals surface area (Å²) in [5.74, 6) is -3.02. The highest BCUT2D eigenvalue weighted by atomic mass is 35.5. The number of halogens is 2. The topological polar surface area (TPSA) is 339 Å². The Balaban J connectivity index is 1.28. The number of nitrogens with two attached hydrogens (primary N) is 1. The van der Waals surface area contributed by atoms with E-state index in [2.05, 4.69) is 55.2 Å². The maximum atomic E-state index is 13.8. The van der Waals surface area contributed by atoms with E-state index in [-0.39, 0.29) is 64.3 Å². The van der Waals surface area contributed by atoms with Gasteiger partial charge in [0, 0.05) is 72.8 Å². The lowest BCUT2D eigenvalue weighted by atomic mass is 9.75. The van der Waals surface area contributed by atoms with E-state index in [1.807, 2.05) is 0 Å². The number of nitrogens with one attached hydrogen (secondary N) is 8. The van der Waals surface area contributed by atoms with E-state index < -0.39 is 93.7 Å². The summed E-state index contributed by atoms with van der Waals surface area (Å²) in [6.07, 6.45) is -0.489. The highest BCUT2D eigenvalue weighted by molar-refractivity contribution is 7.80. The smallest absolute Gasteiger partial charge is 0.411 e. The largest absolute Gasteiger partial charge is 0.444 e. The lowest BCUT2D eigenvalue weighted by Crippen LogP contribution is -2.54. The summed E-state index contributed by atoms with van der Waals surface area (Å²) in [5.41, 5.74) is 6.56. The maximum Gasteiger partial charge on any atom is 0.411 e. The number of aryl methyl sites for hydroxylation is 1. The summed E-state index contributed by atoms with van der Waals surface area (Å²) in [7, 11) is 0. The Morgan fingerprint density at radius 2 is 1.51 bits per heavy atom. The minimum absolute atomic E-state index is 0.0278. The van der Waals surface area contributed by atoms with Crippen molar-refractivity contribution in [3.63, 3.8) is 0 Å². The number of urea groups is 1. The van der Waals surface area contributed by atoms with E-state index in [1.54, 1.807) is 88.4 Å². The van der Waals surface area contributed by atoms with Crippen LogP contribution in [0.4, 0.5) is 21.0 Å². The number of benzene rings is 3. The number of rotatable bonds is 32. The molecule has 0 bridgehead atoms. The van der Waals surface area contributed by atoms with E-state index in [4.69, 9.17) is 38.1 Å². The van der Waals surface area contributed by atoms with E-state index >= 15 is 0 Å². The normalized spacial score (nSPS) is 14.2. The molecule has 0 fully saturated rings. The van der Waals surface area contributed by atoms with Crippen LogP contribution < -0.4 is 53.9 Å². The Morgan fingerprint density at radius 1 is 0.802 bits per heavy atom. The number of thiol groups is 1. The standard InChI is InChI=1S/C56H75Cl2N9O13S/c1-33(2)47(50(74)66-43(13-10-22-62-53(59)77)49(73)64-38-17-15-35(16-18-38)31-79-54(78)65-39-19-20-41-34(3)25-46(71)80-44(41)27-39)67-45(70)14-7-6-8-21-61-52(76)56(5,58)32-55(4,51(75)63-29-40(69)30-68)28-42(57)36-11-9-12-37(26-36)48(72)60-23-24-81/h9,11-12,15-20,25-27,33,40,42-43,47,68-69,81H,6-8,10,13-14,21-24,28-32H2,1-5H3,(H,60,72)(H,61,76)(H,63,75)(H,64,73)(H,65,78)(H,66,74)(H,67,70)(H3,59,62,77). The van der Waals surface area contributed by atoms with Crippen LogP contribution in [0.1, 0.15) is 111 Å². The number of anilines is 2. The van der Waals surface area contributed by atoms with Gasteiger partial charge < -0.3 is 62.3 Å². The van der Waals surface area contributed by atoms with Crippen LogP contribution in [-0.2, 0) is 35.3 Å². The number of amides is 9. The molecule has 0 radical (unpaired) electrons. The number of carbonyl (C=O) groups excluding carboxylic acids is 8. The van der Waals surface area contributed by atoms with E-state index in [9.17, 15) is 53.4 Å². The summed E-state index contributed by atoms with van der Waals surface area (Å²) >= 11 is 17.9. The zero-order valence-electron chi connectivity index (χ0n) is 46.1. The van der Waals surface area contributed by atoms with Gasteiger partial charge in [-0.1, -0.05) is 51.5 Å². The first-order valence-electron chi connectivity index (χ1n) is 26.5. The molecule has 22 nitrogen and oxygen atoms in total. The van der Waals surface area contributed by atoms with Gasteiger partial charge in [-0.3, -0.25) is 34.1 Å². The molecule has 4 rings (SSSR count). The number of aliphatic hydroxyl groups is 2. The molecule has 0 saturated carbocycles. The predicted octanol–water partition coefficient (Wildman–Crippen LogP) is 5.43. The van der Waals surface area contributed by atoms with Gasteiger partial charge in [0.1, 0.15) is 29.1 Å². The molecule has 3 aromatic carbocycles. The second-order valence-electron chi connectivity index (χ2n) is 20.5. The fraction of sp³-hybridized carbons (Fsp3) is 0.482. The highest BCUT2D eigenvalue weighted by Crippen LogP contribution is 2.42. The van der Waals surface area contributed by atoms with Crippen molar-refractivity contribution in [1.82, 2.24) is 31.9 Å². The zero-order chi connectivity index (χ0) is 59.9. The van der Waals surface area contributed by atoms with Crippen LogP contribution in [0.15, 0.2) is 82.0 Å². The summed E-state index contributed by atoms with van der Waals surface area (Å²) in [6, 6.07) is 16.4. The van der Waals surface area contributed by atoms with Gasteiger partial charge >= 0.3 is 17.7 Å². The van der Waals surface area contributed by atoms with Crippen LogP contribution in [0.2, 0.25) is 0 Å². The first kappa shape index (κ1) is 66.6. The fourth-order valence-corrected chi connectivity index (χ4v) is 9.58. The van der Waals surface area contributed by atoms with Crippen molar-refractivity contribution in [3.05, 3.63) is 105 Å². The summed E-state index contributed by atoms with van der Waals surface area (Å²) in [5, 5.41) is 40.7. The molecule has 0 aliphatic heterocycles. The molecule has 6 atom stereocenters. The van der Waals surface area contributed by atoms with Crippen LogP contribution in [0.5, 0.6) is 0 Å². The second kappa shape index (κ2) is 32.5. The molecule has 0 spiro atoms. The maximum absolute atomic E-state index is 13.8. The van der Waals surface area contributed by atoms with Crippen molar-refractivity contribution >= 4 is 106 Å². The average Bonchev–Trinajstić information content (AvgIpc) is 3.49. The van der Waals surface area contributed by atoms with Gasteiger partial charge in [0.05, 0.1) is 23.5 Å². The van der Waals surface area contributed by atoms with Crippen molar-refractivity contribution < 1.29 is 57.7 Å². The number of hydrogen-bond donors (Lipinski definition) is 12. The second-order valence-corrected chi connectivity index (χ2v) is 22.3. The molecular weight excluding hydrogens is 1110 g/mol. The Morgan fingerprint density at radius 3 is 2.19 bits per heavy atom. The van der Waals surface area contributed by atoms with Gasteiger partial charge in [-0.2, -0.15) is 12.6 Å². The average molecular weight is 1190 g/mol. The lowest BCUT2D eigenvalue weighted by molar-refractivity contribution is -0.133. The Bertz CT molecular complexity index is 2870. The van der Waals surface area contributed by atoms with Gasteiger partial charge in [0.25, 0.3) is 5.91 Å². The molecule has 6 unspecified atom stereocenters. The number of carbonyl (C=O) groups is 8. The lowest BCUT2D eigenvalue weighted by Gasteiger charge is -2.36. The molecule has 9 amide bonds. The first-order valence-corrected chi connectivity index (χ1v) is 28.0. The quantitative estimate of drug-likeness (QED) is 0.0126. The molecule has 81 heavy (non-hydrogen) atoms.